The topological polar surface area (TPSA) is 182 Å². The second-order valence-electron chi connectivity index (χ2n) is 13.9. The SMILES string of the molecule is CC(C)[C@H](NC(=O)CCOCCOCCOCCNC(C)(C)C)C(=O)N[C@@H](CCCNC(N)=O)C(=O)Nc1ccc(C(C)(C)C)cc1. The van der Waals surface area contributed by atoms with Crippen molar-refractivity contribution >= 4 is 29.4 Å². The first-order valence-electron chi connectivity index (χ1n) is 16.5. The van der Waals surface area contributed by atoms with Crippen LogP contribution in [0.5, 0.6) is 0 Å². The van der Waals surface area contributed by atoms with Crippen LogP contribution in [0.4, 0.5) is 10.5 Å². The van der Waals surface area contributed by atoms with E-state index >= 15 is 0 Å². The first-order valence-corrected chi connectivity index (χ1v) is 16.5. The van der Waals surface area contributed by atoms with E-state index in [0.29, 0.717) is 45.1 Å². The smallest absolute Gasteiger partial charge is 0.312 e. The largest absolute Gasteiger partial charge is 0.379 e. The quantitative estimate of drug-likeness (QED) is 0.102. The van der Waals surface area contributed by atoms with Gasteiger partial charge in [-0.2, -0.15) is 0 Å². The Kier molecular flexibility index (Phi) is 19.2. The van der Waals surface area contributed by atoms with Gasteiger partial charge in [-0.15, -0.1) is 0 Å². The Bertz CT molecular complexity index is 1080. The van der Waals surface area contributed by atoms with E-state index < -0.39 is 29.9 Å². The molecule has 2 atom stereocenters. The van der Waals surface area contributed by atoms with Crippen molar-refractivity contribution in [2.75, 3.05) is 58.0 Å². The molecule has 1 aromatic rings. The molecule has 1 aromatic carbocycles. The summed E-state index contributed by atoms with van der Waals surface area (Å²) in [4.78, 5) is 50.3. The van der Waals surface area contributed by atoms with Crippen molar-refractivity contribution in [2.45, 2.75) is 97.7 Å². The highest BCUT2D eigenvalue weighted by Crippen LogP contribution is 2.23. The van der Waals surface area contributed by atoms with Crippen LogP contribution in [0.15, 0.2) is 24.3 Å². The summed E-state index contributed by atoms with van der Waals surface area (Å²) in [5, 5.41) is 14.3. The number of ether oxygens (including phenoxy) is 3. The number of benzene rings is 1. The molecule has 0 aliphatic heterocycles. The van der Waals surface area contributed by atoms with E-state index in [0.717, 1.165) is 12.1 Å². The lowest BCUT2D eigenvalue weighted by molar-refractivity contribution is -0.132. The van der Waals surface area contributed by atoms with Gasteiger partial charge in [-0.1, -0.05) is 46.8 Å². The molecule has 5 amide bonds. The van der Waals surface area contributed by atoms with Crippen molar-refractivity contribution < 1.29 is 33.4 Å². The van der Waals surface area contributed by atoms with Gasteiger partial charge in [0.1, 0.15) is 12.1 Å². The molecular formula is C34H60N6O7. The van der Waals surface area contributed by atoms with Gasteiger partial charge in [-0.3, -0.25) is 14.4 Å². The van der Waals surface area contributed by atoms with E-state index in [9.17, 15) is 19.2 Å². The van der Waals surface area contributed by atoms with E-state index in [1.165, 1.54) is 0 Å². The monoisotopic (exact) mass is 664 g/mol. The highest BCUT2D eigenvalue weighted by Gasteiger charge is 2.29. The van der Waals surface area contributed by atoms with E-state index in [4.69, 9.17) is 19.9 Å². The molecule has 268 valence electrons. The van der Waals surface area contributed by atoms with Crippen LogP contribution in [0.25, 0.3) is 0 Å². The van der Waals surface area contributed by atoms with Crippen LogP contribution in [0.1, 0.15) is 80.2 Å². The summed E-state index contributed by atoms with van der Waals surface area (Å²) >= 11 is 0. The third kappa shape index (κ3) is 19.9. The standard InChI is InChI=1S/C34H60N6O7/c1-24(2)29(40-28(41)15-18-45-20-22-47-23-21-46-19-17-37-34(6,7)8)31(43)39-27(10-9-16-36-32(35)44)30(42)38-26-13-11-25(12-14-26)33(3,4)5/h11-14,24,27,29,37H,9-10,15-23H2,1-8H3,(H,38,42)(H,39,43)(H,40,41)(H3,35,36,44)/t27-,29-/m0/s1. The first-order chi connectivity index (χ1) is 22.0. The summed E-state index contributed by atoms with van der Waals surface area (Å²) in [5.41, 5.74) is 6.88. The number of hydrogen-bond acceptors (Lipinski definition) is 8. The Morgan fingerprint density at radius 1 is 0.766 bits per heavy atom. The molecule has 0 spiro atoms. The van der Waals surface area contributed by atoms with Crippen LogP contribution in [0, 0.1) is 5.92 Å². The zero-order valence-electron chi connectivity index (χ0n) is 29.8. The third-order valence-electron chi connectivity index (χ3n) is 7.01. The molecule has 13 nitrogen and oxygen atoms in total. The Balaban J connectivity index is 2.56. The number of nitrogens with one attached hydrogen (secondary N) is 5. The minimum Gasteiger partial charge on any atom is -0.379 e. The number of nitrogens with two attached hydrogens (primary N) is 1. The zero-order valence-corrected chi connectivity index (χ0v) is 29.8. The lowest BCUT2D eigenvalue weighted by Crippen LogP contribution is -2.54. The maximum Gasteiger partial charge on any atom is 0.312 e. The third-order valence-corrected chi connectivity index (χ3v) is 7.01. The molecule has 0 fully saturated rings. The summed E-state index contributed by atoms with van der Waals surface area (Å²) in [6.07, 6.45) is 0.701. The molecule has 0 aliphatic rings. The molecule has 13 heteroatoms. The second kappa shape index (κ2) is 21.6. The van der Waals surface area contributed by atoms with Gasteiger partial charge >= 0.3 is 6.03 Å². The van der Waals surface area contributed by atoms with E-state index in [1.807, 2.05) is 38.1 Å². The molecule has 0 radical (unpaired) electrons. The lowest BCUT2D eigenvalue weighted by atomic mass is 9.87. The predicted molar refractivity (Wildman–Crippen MR) is 184 cm³/mol. The van der Waals surface area contributed by atoms with Crippen LogP contribution in [0.2, 0.25) is 0 Å². The second-order valence-corrected chi connectivity index (χ2v) is 13.9. The molecule has 0 aliphatic carbocycles. The fourth-order valence-corrected chi connectivity index (χ4v) is 4.32. The van der Waals surface area contributed by atoms with Crippen LogP contribution in [-0.4, -0.2) is 94.1 Å². The van der Waals surface area contributed by atoms with Gasteiger partial charge in [0.15, 0.2) is 0 Å². The summed E-state index contributed by atoms with van der Waals surface area (Å²) in [5.74, 6) is -1.48. The predicted octanol–water partition coefficient (Wildman–Crippen LogP) is 2.82. The Morgan fingerprint density at radius 2 is 1.34 bits per heavy atom. The molecular weight excluding hydrogens is 604 g/mol. The van der Waals surface area contributed by atoms with Gasteiger partial charge in [0, 0.05) is 30.7 Å². The van der Waals surface area contributed by atoms with Crippen LogP contribution in [0.3, 0.4) is 0 Å². The van der Waals surface area contributed by atoms with Gasteiger partial charge in [0.2, 0.25) is 17.7 Å². The van der Waals surface area contributed by atoms with E-state index in [1.54, 1.807) is 0 Å². The summed E-state index contributed by atoms with van der Waals surface area (Å²) in [6, 6.07) is 5.09. The van der Waals surface area contributed by atoms with E-state index in [-0.39, 0.29) is 48.8 Å². The molecule has 0 saturated carbocycles. The Hall–Kier alpha value is -3.26. The molecule has 0 heterocycles. The minimum atomic E-state index is -0.911. The molecule has 0 saturated heterocycles. The van der Waals surface area contributed by atoms with Gasteiger partial charge in [-0.05, 0) is 62.6 Å². The van der Waals surface area contributed by atoms with Crippen molar-refractivity contribution in [1.29, 1.82) is 0 Å². The van der Waals surface area contributed by atoms with Crippen LogP contribution >= 0.6 is 0 Å². The summed E-state index contributed by atoms with van der Waals surface area (Å²) in [6.45, 7) is 19.7. The number of carbonyl (C=O) groups is 4. The number of urea groups is 1. The van der Waals surface area contributed by atoms with Crippen molar-refractivity contribution in [3.8, 4) is 0 Å². The Morgan fingerprint density at radius 3 is 1.87 bits per heavy atom. The number of anilines is 1. The van der Waals surface area contributed by atoms with Gasteiger partial charge in [0.25, 0.3) is 0 Å². The molecule has 7 N–H and O–H groups in total. The average molecular weight is 665 g/mol. The maximum absolute atomic E-state index is 13.3. The van der Waals surface area contributed by atoms with Gasteiger partial charge in [-0.25, -0.2) is 4.79 Å². The fourth-order valence-electron chi connectivity index (χ4n) is 4.32. The average Bonchev–Trinajstić information content (AvgIpc) is 2.96. The number of carbonyl (C=O) groups excluding carboxylic acids is 4. The van der Waals surface area contributed by atoms with Crippen LogP contribution < -0.4 is 32.3 Å². The lowest BCUT2D eigenvalue weighted by Gasteiger charge is -2.25. The first kappa shape index (κ1) is 41.8. The fraction of sp³-hybridized carbons (Fsp3) is 0.706. The van der Waals surface area contributed by atoms with Crippen molar-refractivity contribution in [1.82, 2.24) is 21.3 Å². The number of primary amides is 1. The highest BCUT2D eigenvalue weighted by molar-refractivity contribution is 5.98. The minimum absolute atomic E-state index is 0.0389. The number of amides is 5. The van der Waals surface area contributed by atoms with E-state index in [2.05, 4.69) is 68.1 Å². The zero-order chi connectivity index (χ0) is 35.5. The van der Waals surface area contributed by atoms with Gasteiger partial charge in [0.05, 0.1) is 39.6 Å². The number of hydrogen-bond donors (Lipinski definition) is 6. The van der Waals surface area contributed by atoms with Crippen molar-refractivity contribution in [3.05, 3.63) is 29.8 Å². The summed E-state index contributed by atoms with van der Waals surface area (Å²) < 4.78 is 16.5. The highest BCUT2D eigenvalue weighted by atomic mass is 16.5. The number of rotatable bonds is 22. The van der Waals surface area contributed by atoms with Crippen LogP contribution in [-0.2, 0) is 34.0 Å². The molecule has 0 aromatic heterocycles. The maximum atomic E-state index is 13.3. The molecule has 0 bridgehead atoms. The Labute approximate surface area is 281 Å². The summed E-state index contributed by atoms with van der Waals surface area (Å²) in [7, 11) is 0. The molecule has 1 rings (SSSR count). The molecule has 47 heavy (non-hydrogen) atoms. The van der Waals surface area contributed by atoms with Crippen molar-refractivity contribution in [3.63, 3.8) is 0 Å². The normalized spacial score (nSPS) is 13.1. The van der Waals surface area contributed by atoms with Gasteiger partial charge < -0.3 is 46.5 Å². The molecule has 0 unspecified atom stereocenters. The van der Waals surface area contributed by atoms with Crippen molar-refractivity contribution in [2.24, 2.45) is 11.7 Å².